The van der Waals surface area contributed by atoms with Gasteiger partial charge in [-0.15, -0.1) is 0 Å². The van der Waals surface area contributed by atoms with Gasteiger partial charge in [0.25, 0.3) is 0 Å². The van der Waals surface area contributed by atoms with Gasteiger partial charge in [-0.2, -0.15) is 8.42 Å². The van der Waals surface area contributed by atoms with Crippen LogP contribution < -0.4 is 4.18 Å². The van der Waals surface area contributed by atoms with Crippen LogP contribution in [0.25, 0.3) is 0 Å². The molecule has 1 aromatic rings. The fraction of sp³-hybridized carbons (Fsp3) is 0.781. The first-order valence-electron chi connectivity index (χ1n) is 15.9. The number of benzene rings is 1. The van der Waals surface area contributed by atoms with E-state index in [1.165, 1.54) is 152 Å². The monoisotopic (exact) mass is 586 g/mol. The number of carbonyl (C=O) groups is 1. The minimum Gasteiger partial charge on any atom is -0.478 e. The topological polar surface area (TPSA) is 101 Å². The molecule has 0 spiro atoms. The van der Waals surface area contributed by atoms with Crippen molar-refractivity contribution in [3.05, 3.63) is 29.8 Å². The van der Waals surface area contributed by atoms with Crippen molar-refractivity contribution in [3.8, 4) is 5.75 Å². The Balaban J connectivity index is 0.000000906. The molecule has 234 valence electrons. The summed E-state index contributed by atoms with van der Waals surface area (Å²) < 4.78 is 34.4. The number of quaternary nitrogens is 1. The SMILES string of the molecule is CCCCCCCC[N+](C)(CCCCCCCC)CCCCCCCC.O=C(O)c1ccccc1OS(=O)(=O)O. The maximum absolute atomic E-state index is 10.6. The Morgan fingerprint density at radius 1 is 0.675 bits per heavy atom. The molecule has 0 radical (unpaired) electrons. The van der Waals surface area contributed by atoms with E-state index in [1.54, 1.807) is 0 Å². The number of hydrogen-bond donors (Lipinski definition) is 2. The molecule has 40 heavy (non-hydrogen) atoms. The number of hydrogen-bond acceptors (Lipinski definition) is 4. The average molecular weight is 587 g/mol. The van der Waals surface area contributed by atoms with Gasteiger partial charge in [-0.25, -0.2) is 4.79 Å². The lowest BCUT2D eigenvalue weighted by Gasteiger charge is -2.35. The zero-order valence-corrected chi connectivity index (χ0v) is 26.9. The molecule has 0 fully saturated rings. The van der Waals surface area contributed by atoms with E-state index in [-0.39, 0.29) is 5.56 Å². The molecule has 1 aromatic carbocycles. The highest BCUT2D eigenvalue weighted by atomic mass is 32.3. The molecule has 0 aliphatic heterocycles. The van der Waals surface area contributed by atoms with E-state index in [9.17, 15) is 13.2 Å². The molecule has 0 saturated heterocycles. The van der Waals surface area contributed by atoms with Crippen LogP contribution in [-0.4, -0.2) is 55.2 Å². The number of para-hydroxylation sites is 1. The first-order chi connectivity index (χ1) is 19.1. The van der Waals surface area contributed by atoms with Crippen molar-refractivity contribution < 1.29 is 31.5 Å². The van der Waals surface area contributed by atoms with E-state index >= 15 is 0 Å². The third-order valence-electron chi connectivity index (χ3n) is 7.47. The summed E-state index contributed by atoms with van der Waals surface area (Å²) in [5.41, 5.74) is -0.342. The summed E-state index contributed by atoms with van der Waals surface area (Å²) >= 11 is 0. The van der Waals surface area contributed by atoms with Crippen LogP contribution in [-0.2, 0) is 10.4 Å². The second kappa shape index (κ2) is 24.0. The lowest BCUT2D eigenvalue weighted by molar-refractivity contribution is -0.910. The van der Waals surface area contributed by atoms with Crippen molar-refractivity contribution in [2.45, 2.75) is 136 Å². The van der Waals surface area contributed by atoms with Crippen molar-refractivity contribution >= 4 is 16.4 Å². The maximum Gasteiger partial charge on any atom is 0.446 e. The summed E-state index contributed by atoms with van der Waals surface area (Å²) in [5, 5.41) is 8.61. The summed E-state index contributed by atoms with van der Waals surface area (Å²) in [6.45, 7) is 11.2. The van der Waals surface area contributed by atoms with Gasteiger partial charge in [0.05, 0.1) is 26.7 Å². The van der Waals surface area contributed by atoms with Crippen molar-refractivity contribution in [3.63, 3.8) is 0 Å². The molecule has 0 unspecified atom stereocenters. The summed E-state index contributed by atoms with van der Waals surface area (Å²) in [7, 11) is -2.14. The van der Waals surface area contributed by atoms with E-state index < -0.39 is 22.1 Å². The lowest BCUT2D eigenvalue weighted by Crippen LogP contribution is -2.46. The van der Waals surface area contributed by atoms with Crippen molar-refractivity contribution in [1.82, 2.24) is 0 Å². The fourth-order valence-electron chi connectivity index (χ4n) is 4.99. The number of unbranched alkanes of at least 4 members (excludes halogenated alkanes) is 15. The highest BCUT2D eigenvalue weighted by molar-refractivity contribution is 7.81. The second-order valence-corrected chi connectivity index (χ2v) is 12.4. The molecule has 0 aromatic heterocycles. The molecule has 7 nitrogen and oxygen atoms in total. The van der Waals surface area contributed by atoms with Crippen molar-refractivity contribution in [2.24, 2.45) is 0 Å². The number of carboxylic acids is 1. The quantitative estimate of drug-likeness (QED) is 0.0712. The predicted octanol–water partition coefficient (Wildman–Crippen LogP) is 9.08. The molecule has 0 heterocycles. The Morgan fingerprint density at radius 2 is 1.02 bits per heavy atom. The van der Waals surface area contributed by atoms with Gasteiger partial charge in [-0.1, -0.05) is 110 Å². The van der Waals surface area contributed by atoms with Crippen molar-refractivity contribution in [1.29, 1.82) is 0 Å². The van der Waals surface area contributed by atoms with E-state index in [4.69, 9.17) is 9.66 Å². The highest BCUT2D eigenvalue weighted by Gasteiger charge is 2.20. The standard InChI is InChI=1S/C25H54N.C7H6O6S/c1-5-8-11-14-17-20-23-26(4,24-21-18-15-12-9-6-2)25-22-19-16-13-10-7-3;8-7(9)5-3-1-2-4-6(5)13-14(10,11)12/h5-25H2,1-4H3;1-4H,(H,8,9)(H,10,11,12)/q+1;. The van der Waals surface area contributed by atoms with Crippen LogP contribution >= 0.6 is 0 Å². The first kappa shape index (κ1) is 38.4. The first-order valence-corrected chi connectivity index (χ1v) is 17.3. The van der Waals surface area contributed by atoms with Crippen LogP contribution in [0.5, 0.6) is 5.75 Å². The second-order valence-electron chi connectivity index (χ2n) is 11.4. The summed E-state index contributed by atoms with van der Waals surface area (Å²) in [5.74, 6) is -1.77. The maximum atomic E-state index is 10.6. The third kappa shape index (κ3) is 22.1. The highest BCUT2D eigenvalue weighted by Crippen LogP contribution is 2.19. The normalized spacial score (nSPS) is 11.6. The Hall–Kier alpha value is -1.64. The third-order valence-corrected chi connectivity index (χ3v) is 7.86. The summed E-state index contributed by atoms with van der Waals surface area (Å²) in [4.78, 5) is 10.6. The minimum atomic E-state index is -4.70. The Morgan fingerprint density at radius 3 is 1.38 bits per heavy atom. The predicted molar refractivity (Wildman–Crippen MR) is 166 cm³/mol. The van der Waals surface area contributed by atoms with Crippen molar-refractivity contribution in [2.75, 3.05) is 26.7 Å². The fourth-order valence-corrected chi connectivity index (χ4v) is 5.36. The van der Waals surface area contributed by atoms with E-state index in [0.29, 0.717) is 0 Å². The molecule has 0 bridgehead atoms. The van der Waals surface area contributed by atoms with Crippen LogP contribution in [0.4, 0.5) is 0 Å². The van der Waals surface area contributed by atoms with E-state index in [1.807, 2.05) is 0 Å². The Labute approximate surface area is 246 Å². The van der Waals surface area contributed by atoms with Gasteiger partial charge >= 0.3 is 16.4 Å². The van der Waals surface area contributed by atoms with Gasteiger partial charge in [0.15, 0.2) is 5.75 Å². The Bertz CT molecular complexity index is 818. The van der Waals surface area contributed by atoms with Gasteiger partial charge in [0.2, 0.25) is 0 Å². The zero-order chi connectivity index (χ0) is 30.1. The zero-order valence-electron chi connectivity index (χ0n) is 26.0. The molecular weight excluding hydrogens is 526 g/mol. The Kier molecular flexibility index (Phi) is 23.0. The molecule has 1 rings (SSSR count). The molecule has 0 saturated carbocycles. The van der Waals surface area contributed by atoms with Gasteiger partial charge in [-0.05, 0) is 50.7 Å². The number of carboxylic acid groups (broad SMARTS) is 1. The number of rotatable bonds is 24. The van der Waals surface area contributed by atoms with Gasteiger partial charge < -0.3 is 13.8 Å². The lowest BCUT2D eigenvalue weighted by atomic mass is 10.1. The number of nitrogens with zero attached hydrogens (tertiary/aromatic N) is 1. The average Bonchev–Trinajstić information content (AvgIpc) is 2.90. The molecule has 0 aliphatic rings. The smallest absolute Gasteiger partial charge is 0.446 e. The molecule has 0 aliphatic carbocycles. The van der Waals surface area contributed by atoms with E-state index in [0.717, 1.165) is 12.1 Å². The van der Waals surface area contributed by atoms with Gasteiger partial charge in [-0.3, -0.25) is 4.55 Å². The van der Waals surface area contributed by atoms with Gasteiger partial charge in [0, 0.05) is 0 Å². The molecule has 0 atom stereocenters. The van der Waals surface area contributed by atoms with Gasteiger partial charge in [0.1, 0.15) is 5.56 Å². The molecule has 8 heteroatoms. The van der Waals surface area contributed by atoms with Crippen LogP contribution in [0.1, 0.15) is 147 Å². The van der Waals surface area contributed by atoms with Crippen LogP contribution in [0, 0.1) is 0 Å². The van der Waals surface area contributed by atoms with E-state index in [2.05, 4.69) is 32.0 Å². The largest absolute Gasteiger partial charge is 0.478 e. The molecular formula is C32H60NO6S+. The summed E-state index contributed by atoms with van der Waals surface area (Å²) in [6.07, 6.45) is 25.9. The summed E-state index contributed by atoms with van der Waals surface area (Å²) in [6, 6.07) is 5.06. The minimum absolute atomic E-state index is 0.342. The van der Waals surface area contributed by atoms with Crippen LogP contribution in [0.3, 0.4) is 0 Å². The molecule has 2 N–H and O–H groups in total. The van der Waals surface area contributed by atoms with Crippen LogP contribution in [0.15, 0.2) is 24.3 Å². The molecule has 0 amide bonds. The van der Waals surface area contributed by atoms with Crippen LogP contribution in [0.2, 0.25) is 0 Å². The number of aromatic carboxylic acids is 1.